The summed E-state index contributed by atoms with van der Waals surface area (Å²) in [5, 5.41) is 0. The lowest BCUT2D eigenvalue weighted by atomic mass is 9.91. The number of rotatable bonds is 2. The molecule has 2 rings (SSSR count). The number of pyridine rings is 1. The summed E-state index contributed by atoms with van der Waals surface area (Å²) in [7, 11) is 0. The van der Waals surface area contributed by atoms with Crippen molar-refractivity contribution in [2.75, 3.05) is 18.0 Å². The Bertz CT molecular complexity index is 380. The topological polar surface area (TPSA) is 59.2 Å². The van der Waals surface area contributed by atoms with E-state index in [9.17, 15) is 4.79 Å². The summed E-state index contributed by atoms with van der Waals surface area (Å²) in [6.45, 7) is 3.89. The van der Waals surface area contributed by atoms with Gasteiger partial charge in [-0.1, -0.05) is 0 Å². The van der Waals surface area contributed by atoms with E-state index in [0.29, 0.717) is 5.56 Å². The number of hydrogen-bond donors (Lipinski definition) is 1. The zero-order valence-electron chi connectivity index (χ0n) is 9.52. The predicted octanol–water partition coefficient (Wildman–Crippen LogP) is 1.21. The van der Waals surface area contributed by atoms with Gasteiger partial charge in [-0.2, -0.15) is 0 Å². The summed E-state index contributed by atoms with van der Waals surface area (Å²) in [6.07, 6.45) is 4.44. The molecule has 1 saturated heterocycles. The highest BCUT2D eigenvalue weighted by atomic mass is 16.1. The highest BCUT2D eigenvalue weighted by Crippen LogP contribution is 2.22. The monoisotopic (exact) mass is 219 g/mol. The van der Waals surface area contributed by atoms with Crippen molar-refractivity contribution in [3.63, 3.8) is 0 Å². The van der Waals surface area contributed by atoms with Crippen LogP contribution in [0.25, 0.3) is 0 Å². The SMILES string of the molecule is CC1(N)CCN(c2cc(C=O)ccn2)CC1. The van der Waals surface area contributed by atoms with Gasteiger partial charge in [-0.3, -0.25) is 4.79 Å². The van der Waals surface area contributed by atoms with Gasteiger partial charge in [0.05, 0.1) is 0 Å². The maximum Gasteiger partial charge on any atom is 0.150 e. The van der Waals surface area contributed by atoms with Crippen LogP contribution in [-0.4, -0.2) is 29.9 Å². The first-order chi connectivity index (χ1) is 7.61. The van der Waals surface area contributed by atoms with Crippen molar-refractivity contribution >= 4 is 12.1 Å². The van der Waals surface area contributed by atoms with Gasteiger partial charge in [0.15, 0.2) is 0 Å². The number of aromatic nitrogens is 1. The summed E-state index contributed by atoms with van der Waals surface area (Å²) < 4.78 is 0. The van der Waals surface area contributed by atoms with Crippen molar-refractivity contribution < 1.29 is 4.79 Å². The van der Waals surface area contributed by atoms with Gasteiger partial charge in [-0.25, -0.2) is 4.98 Å². The van der Waals surface area contributed by atoms with Crippen LogP contribution in [0.3, 0.4) is 0 Å². The highest BCUT2D eigenvalue weighted by Gasteiger charge is 2.26. The van der Waals surface area contributed by atoms with Gasteiger partial charge in [-0.15, -0.1) is 0 Å². The standard InChI is InChI=1S/C12H17N3O/c1-12(13)3-6-15(7-4-12)11-8-10(9-16)2-5-14-11/h2,5,8-9H,3-4,6-7,13H2,1H3. The molecule has 2 heterocycles. The highest BCUT2D eigenvalue weighted by molar-refractivity contribution is 5.76. The number of carbonyl (C=O) groups excluding carboxylic acids is 1. The molecule has 1 aliphatic rings. The van der Waals surface area contributed by atoms with Gasteiger partial charge in [-0.05, 0) is 31.9 Å². The van der Waals surface area contributed by atoms with Crippen LogP contribution in [0.1, 0.15) is 30.1 Å². The summed E-state index contributed by atoms with van der Waals surface area (Å²) in [4.78, 5) is 17.1. The average molecular weight is 219 g/mol. The van der Waals surface area contributed by atoms with Crippen LogP contribution in [-0.2, 0) is 0 Å². The van der Waals surface area contributed by atoms with E-state index >= 15 is 0 Å². The molecular formula is C12H17N3O. The van der Waals surface area contributed by atoms with Crippen molar-refractivity contribution in [3.8, 4) is 0 Å². The summed E-state index contributed by atoms with van der Waals surface area (Å²) in [5.74, 6) is 0.875. The van der Waals surface area contributed by atoms with Gasteiger partial charge in [0.25, 0.3) is 0 Å². The van der Waals surface area contributed by atoms with Crippen molar-refractivity contribution in [2.24, 2.45) is 5.73 Å². The fourth-order valence-corrected chi connectivity index (χ4v) is 1.93. The second-order valence-corrected chi connectivity index (χ2v) is 4.71. The second-order valence-electron chi connectivity index (χ2n) is 4.71. The molecule has 0 unspecified atom stereocenters. The summed E-state index contributed by atoms with van der Waals surface area (Å²) in [6, 6.07) is 3.54. The van der Waals surface area contributed by atoms with E-state index in [1.165, 1.54) is 0 Å². The van der Waals surface area contributed by atoms with Crippen LogP contribution in [0.2, 0.25) is 0 Å². The zero-order valence-corrected chi connectivity index (χ0v) is 9.52. The molecule has 4 heteroatoms. The maximum absolute atomic E-state index is 10.7. The number of aldehydes is 1. The molecule has 0 spiro atoms. The Labute approximate surface area is 95.5 Å². The number of piperidine rings is 1. The Morgan fingerprint density at radius 3 is 2.81 bits per heavy atom. The Balaban J connectivity index is 2.11. The molecule has 0 aliphatic carbocycles. The second kappa shape index (κ2) is 4.22. The molecule has 86 valence electrons. The molecule has 1 aliphatic heterocycles. The number of nitrogens with two attached hydrogens (primary N) is 1. The molecule has 0 bridgehead atoms. The third-order valence-corrected chi connectivity index (χ3v) is 3.14. The molecule has 0 aromatic carbocycles. The smallest absolute Gasteiger partial charge is 0.150 e. The van der Waals surface area contributed by atoms with Gasteiger partial charge >= 0.3 is 0 Å². The Kier molecular flexibility index (Phi) is 2.92. The third kappa shape index (κ3) is 2.39. The molecular weight excluding hydrogens is 202 g/mol. The van der Waals surface area contributed by atoms with Gasteiger partial charge in [0.1, 0.15) is 12.1 Å². The molecule has 4 nitrogen and oxygen atoms in total. The quantitative estimate of drug-likeness (QED) is 0.760. The zero-order chi connectivity index (χ0) is 11.6. The number of carbonyl (C=O) groups is 1. The van der Waals surface area contributed by atoms with Gasteiger partial charge in [0.2, 0.25) is 0 Å². The average Bonchev–Trinajstić information content (AvgIpc) is 2.29. The molecule has 0 radical (unpaired) electrons. The van der Waals surface area contributed by atoms with Crippen LogP contribution < -0.4 is 10.6 Å². The molecule has 0 saturated carbocycles. The van der Waals surface area contributed by atoms with E-state index in [2.05, 4.69) is 16.8 Å². The summed E-state index contributed by atoms with van der Waals surface area (Å²) >= 11 is 0. The van der Waals surface area contributed by atoms with Crippen LogP contribution in [0, 0.1) is 0 Å². The molecule has 0 atom stereocenters. The largest absolute Gasteiger partial charge is 0.356 e. The Morgan fingerprint density at radius 2 is 2.19 bits per heavy atom. The number of nitrogens with zero attached hydrogens (tertiary/aromatic N) is 2. The van der Waals surface area contributed by atoms with Crippen LogP contribution >= 0.6 is 0 Å². The minimum absolute atomic E-state index is 0.0568. The molecule has 0 amide bonds. The molecule has 16 heavy (non-hydrogen) atoms. The Hall–Kier alpha value is -1.42. The van der Waals surface area contributed by atoms with Gasteiger partial charge in [0, 0.05) is 30.4 Å². The van der Waals surface area contributed by atoms with Crippen LogP contribution in [0.5, 0.6) is 0 Å². The van der Waals surface area contributed by atoms with Crippen molar-refractivity contribution in [3.05, 3.63) is 23.9 Å². The lowest BCUT2D eigenvalue weighted by Gasteiger charge is -2.37. The van der Waals surface area contributed by atoms with E-state index in [0.717, 1.165) is 38.0 Å². The number of hydrogen-bond acceptors (Lipinski definition) is 4. The lowest BCUT2D eigenvalue weighted by Crippen LogP contribution is -2.48. The van der Waals surface area contributed by atoms with E-state index in [-0.39, 0.29) is 5.54 Å². The fourth-order valence-electron chi connectivity index (χ4n) is 1.93. The minimum Gasteiger partial charge on any atom is -0.356 e. The normalized spacial score (nSPS) is 19.5. The first-order valence-corrected chi connectivity index (χ1v) is 5.56. The van der Waals surface area contributed by atoms with Crippen LogP contribution in [0.15, 0.2) is 18.3 Å². The molecule has 1 aromatic heterocycles. The van der Waals surface area contributed by atoms with Crippen molar-refractivity contribution in [1.29, 1.82) is 0 Å². The molecule has 1 aromatic rings. The molecule has 1 fully saturated rings. The van der Waals surface area contributed by atoms with Crippen LogP contribution in [0.4, 0.5) is 5.82 Å². The first kappa shape index (κ1) is 11.1. The van der Waals surface area contributed by atoms with E-state index in [1.54, 1.807) is 12.3 Å². The van der Waals surface area contributed by atoms with Crippen molar-refractivity contribution in [2.45, 2.75) is 25.3 Å². The van der Waals surface area contributed by atoms with E-state index in [4.69, 9.17) is 5.73 Å². The predicted molar refractivity (Wildman–Crippen MR) is 63.7 cm³/mol. The van der Waals surface area contributed by atoms with Crippen molar-refractivity contribution in [1.82, 2.24) is 4.98 Å². The Morgan fingerprint density at radius 1 is 1.50 bits per heavy atom. The first-order valence-electron chi connectivity index (χ1n) is 5.56. The lowest BCUT2D eigenvalue weighted by molar-refractivity contribution is 0.112. The summed E-state index contributed by atoms with van der Waals surface area (Å²) in [5.41, 5.74) is 6.69. The third-order valence-electron chi connectivity index (χ3n) is 3.14. The fraction of sp³-hybridized carbons (Fsp3) is 0.500. The molecule has 2 N–H and O–H groups in total. The maximum atomic E-state index is 10.7. The minimum atomic E-state index is -0.0568. The van der Waals surface area contributed by atoms with Gasteiger partial charge < -0.3 is 10.6 Å². The van der Waals surface area contributed by atoms with E-state index < -0.39 is 0 Å². The number of anilines is 1. The van der Waals surface area contributed by atoms with E-state index in [1.807, 2.05) is 6.07 Å².